The maximum Gasteiger partial charge on any atom is 0.225 e. The summed E-state index contributed by atoms with van der Waals surface area (Å²) in [6.45, 7) is 5.36. The first-order valence-electron chi connectivity index (χ1n) is 8.24. The number of hydrogen-bond acceptors (Lipinski definition) is 1. The molecule has 2 aromatic rings. The fraction of sp³-hybridized carbons (Fsp3) is 0.421. The molecule has 0 aliphatic heterocycles. The van der Waals surface area contributed by atoms with E-state index in [1.807, 2.05) is 49.1 Å². The van der Waals surface area contributed by atoms with E-state index in [-0.39, 0.29) is 11.8 Å². The summed E-state index contributed by atoms with van der Waals surface area (Å²) in [5, 5.41) is 0.782. The van der Waals surface area contributed by atoms with Crippen LogP contribution in [0.1, 0.15) is 37.9 Å². The smallest absolute Gasteiger partial charge is 0.225 e. The molecule has 0 bridgehead atoms. The van der Waals surface area contributed by atoms with Gasteiger partial charge in [0.2, 0.25) is 5.91 Å². The lowest BCUT2D eigenvalue weighted by atomic mass is 10.1. The summed E-state index contributed by atoms with van der Waals surface area (Å²) in [5.74, 6) is 0.292. The Morgan fingerprint density at radius 1 is 1.26 bits per heavy atom. The average Bonchev–Trinajstić information content (AvgIpc) is 3.28. The molecule has 4 heteroatoms. The van der Waals surface area contributed by atoms with Gasteiger partial charge in [-0.3, -0.25) is 4.79 Å². The number of halogens is 1. The first-order valence-corrected chi connectivity index (χ1v) is 8.62. The summed E-state index contributed by atoms with van der Waals surface area (Å²) in [6.07, 6.45) is 4.32. The van der Waals surface area contributed by atoms with Crippen molar-refractivity contribution in [3.63, 3.8) is 0 Å². The van der Waals surface area contributed by atoms with Crippen LogP contribution in [-0.2, 0) is 17.9 Å². The molecule has 3 nitrogen and oxygen atoms in total. The number of rotatable bonds is 6. The zero-order chi connectivity index (χ0) is 16.4. The highest BCUT2D eigenvalue weighted by atomic mass is 35.5. The third kappa shape index (κ3) is 3.78. The van der Waals surface area contributed by atoms with Crippen molar-refractivity contribution >= 4 is 17.5 Å². The predicted molar refractivity (Wildman–Crippen MR) is 93.4 cm³/mol. The molecule has 1 aromatic heterocycles. The van der Waals surface area contributed by atoms with E-state index in [2.05, 4.69) is 16.8 Å². The lowest BCUT2D eigenvalue weighted by Gasteiger charge is -2.25. The molecule has 3 rings (SSSR count). The molecule has 1 saturated carbocycles. The topological polar surface area (TPSA) is 25.2 Å². The van der Waals surface area contributed by atoms with Crippen LogP contribution < -0.4 is 0 Å². The monoisotopic (exact) mass is 330 g/mol. The summed E-state index contributed by atoms with van der Waals surface area (Å²) in [5.41, 5.74) is 2.26. The summed E-state index contributed by atoms with van der Waals surface area (Å²) in [4.78, 5) is 14.5. The molecular formula is C19H23ClN2O. The first kappa shape index (κ1) is 16.1. The number of carbonyl (C=O) groups excluding carboxylic acids is 1. The number of benzene rings is 1. The van der Waals surface area contributed by atoms with Gasteiger partial charge in [0.25, 0.3) is 0 Å². The molecule has 1 heterocycles. The molecule has 0 N–H and O–H groups in total. The largest absolute Gasteiger partial charge is 0.345 e. The van der Waals surface area contributed by atoms with Crippen LogP contribution in [0.25, 0.3) is 0 Å². The van der Waals surface area contributed by atoms with Gasteiger partial charge in [-0.25, -0.2) is 0 Å². The molecule has 0 spiro atoms. The molecule has 1 aromatic carbocycles. The van der Waals surface area contributed by atoms with Crippen LogP contribution in [0.5, 0.6) is 0 Å². The van der Waals surface area contributed by atoms with Crippen molar-refractivity contribution in [3.05, 3.63) is 58.9 Å². The normalized spacial score (nSPS) is 14.3. The minimum Gasteiger partial charge on any atom is -0.345 e. The summed E-state index contributed by atoms with van der Waals surface area (Å²) in [6, 6.07) is 12.5. The Labute approximate surface area is 142 Å². The van der Waals surface area contributed by atoms with Gasteiger partial charge in [-0.15, -0.1) is 0 Å². The predicted octanol–water partition coefficient (Wildman–Crippen LogP) is 4.34. The van der Waals surface area contributed by atoms with E-state index in [1.165, 1.54) is 0 Å². The van der Waals surface area contributed by atoms with E-state index in [4.69, 9.17) is 11.6 Å². The van der Waals surface area contributed by atoms with Crippen LogP contribution in [0.4, 0.5) is 0 Å². The van der Waals surface area contributed by atoms with E-state index in [9.17, 15) is 4.79 Å². The summed E-state index contributed by atoms with van der Waals surface area (Å²) >= 11 is 6.27. The molecule has 122 valence electrons. The Bertz CT molecular complexity index is 688. The Kier molecular flexibility index (Phi) is 4.76. The Hall–Kier alpha value is -1.74. The van der Waals surface area contributed by atoms with Gasteiger partial charge in [0.05, 0.1) is 6.54 Å². The lowest BCUT2D eigenvalue weighted by Crippen LogP contribution is -2.36. The minimum absolute atomic E-state index is 0.0441. The summed E-state index contributed by atoms with van der Waals surface area (Å²) < 4.78 is 2.18. The van der Waals surface area contributed by atoms with Gasteiger partial charge in [-0.2, -0.15) is 0 Å². The molecular weight excluding hydrogens is 308 g/mol. The molecule has 23 heavy (non-hydrogen) atoms. The van der Waals surface area contributed by atoms with Gasteiger partial charge >= 0.3 is 0 Å². The van der Waals surface area contributed by atoms with Crippen LogP contribution in [0.3, 0.4) is 0 Å². The zero-order valence-corrected chi connectivity index (χ0v) is 14.5. The highest BCUT2D eigenvalue weighted by molar-refractivity contribution is 6.31. The van der Waals surface area contributed by atoms with Gasteiger partial charge in [0.1, 0.15) is 0 Å². The number of carbonyl (C=O) groups is 1. The first-order chi connectivity index (χ1) is 11.1. The lowest BCUT2D eigenvalue weighted by molar-refractivity contribution is -0.135. The second kappa shape index (κ2) is 6.79. The number of nitrogens with zero attached hydrogens (tertiary/aromatic N) is 2. The molecule has 0 radical (unpaired) electrons. The van der Waals surface area contributed by atoms with Crippen LogP contribution >= 0.6 is 11.6 Å². The second-order valence-corrected chi connectivity index (χ2v) is 6.98. The number of amides is 1. The molecule has 1 aliphatic rings. The van der Waals surface area contributed by atoms with Crippen molar-refractivity contribution in [1.82, 2.24) is 9.47 Å². The van der Waals surface area contributed by atoms with Gasteiger partial charge in [-0.05, 0) is 36.6 Å². The maximum absolute atomic E-state index is 12.5. The fourth-order valence-electron chi connectivity index (χ4n) is 2.84. The van der Waals surface area contributed by atoms with Gasteiger partial charge in [0.15, 0.2) is 0 Å². The number of aromatic nitrogens is 1. The fourth-order valence-corrected chi connectivity index (χ4v) is 3.03. The van der Waals surface area contributed by atoms with Crippen molar-refractivity contribution in [2.45, 2.75) is 45.8 Å². The van der Waals surface area contributed by atoms with E-state index >= 15 is 0 Å². The molecule has 1 amide bonds. The van der Waals surface area contributed by atoms with Gasteiger partial charge < -0.3 is 9.47 Å². The highest BCUT2D eigenvalue weighted by Gasteiger charge is 2.33. The number of hydrogen-bond donors (Lipinski definition) is 0. The van der Waals surface area contributed by atoms with E-state index < -0.39 is 0 Å². The second-order valence-electron chi connectivity index (χ2n) is 6.57. The SMILES string of the molecule is CC(C)C(=O)N(Cc1cccn1Cc1ccccc1Cl)C1CC1. The van der Waals surface area contributed by atoms with Gasteiger partial charge in [0, 0.05) is 35.4 Å². The Balaban J connectivity index is 1.78. The third-order valence-corrected chi connectivity index (χ3v) is 4.69. The van der Waals surface area contributed by atoms with E-state index in [1.54, 1.807) is 0 Å². The van der Waals surface area contributed by atoms with E-state index in [0.717, 1.165) is 35.7 Å². The van der Waals surface area contributed by atoms with E-state index in [0.29, 0.717) is 12.6 Å². The van der Waals surface area contributed by atoms with Crippen molar-refractivity contribution in [2.24, 2.45) is 5.92 Å². The van der Waals surface area contributed by atoms with Gasteiger partial charge in [-0.1, -0.05) is 43.6 Å². The molecule has 1 aliphatic carbocycles. The standard InChI is InChI=1S/C19H23ClN2O/c1-14(2)19(23)22(16-9-10-16)13-17-7-5-11-21(17)12-15-6-3-4-8-18(15)20/h3-8,11,14,16H,9-10,12-13H2,1-2H3. The molecule has 0 unspecified atom stereocenters. The third-order valence-electron chi connectivity index (χ3n) is 4.32. The van der Waals surface area contributed by atoms with Crippen molar-refractivity contribution in [1.29, 1.82) is 0 Å². The average molecular weight is 331 g/mol. The van der Waals surface area contributed by atoms with Crippen molar-refractivity contribution in [2.75, 3.05) is 0 Å². The molecule has 0 atom stereocenters. The van der Waals surface area contributed by atoms with Crippen molar-refractivity contribution in [3.8, 4) is 0 Å². The molecule has 1 fully saturated rings. The molecule has 0 saturated heterocycles. The van der Waals surface area contributed by atoms with Crippen molar-refractivity contribution < 1.29 is 4.79 Å². The highest BCUT2D eigenvalue weighted by Crippen LogP contribution is 2.30. The zero-order valence-electron chi connectivity index (χ0n) is 13.7. The Morgan fingerprint density at radius 3 is 2.65 bits per heavy atom. The van der Waals surface area contributed by atoms with Crippen LogP contribution in [0.2, 0.25) is 5.02 Å². The summed E-state index contributed by atoms with van der Waals surface area (Å²) in [7, 11) is 0. The maximum atomic E-state index is 12.5. The quantitative estimate of drug-likeness (QED) is 0.773. The van der Waals surface area contributed by atoms with Crippen LogP contribution in [0.15, 0.2) is 42.6 Å². The van der Waals surface area contributed by atoms with Crippen LogP contribution in [-0.4, -0.2) is 21.4 Å². The minimum atomic E-state index is 0.0441. The van der Waals surface area contributed by atoms with Crippen LogP contribution in [0, 0.1) is 5.92 Å². The Morgan fingerprint density at radius 2 is 2.00 bits per heavy atom.